The van der Waals surface area contributed by atoms with Crippen molar-refractivity contribution in [2.24, 2.45) is 0 Å². The van der Waals surface area contributed by atoms with Crippen LogP contribution in [-0.4, -0.2) is 27.3 Å². The van der Waals surface area contributed by atoms with E-state index in [9.17, 15) is 4.79 Å². The highest BCUT2D eigenvalue weighted by atomic mass is 32.1. The van der Waals surface area contributed by atoms with E-state index in [0.717, 1.165) is 23.8 Å². The largest absolute Gasteiger partial charge is 0.445 e. The number of thiazole rings is 1. The lowest BCUT2D eigenvalue weighted by atomic mass is 9.97. The summed E-state index contributed by atoms with van der Waals surface area (Å²) in [6.07, 6.45) is 2.34. The van der Waals surface area contributed by atoms with Crippen LogP contribution in [0.1, 0.15) is 47.8 Å². The van der Waals surface area contributed by atoms with Crippen molar-refractivity contribution >= 4 is 17.2 Å². The van der Waals surface area contributed by atoms with Gasteiger partial charge in [-0.1, -0.05) is 20.8 Å². The van der Waals surface area contributed by atoms with Crippen molar-refractivity contribution in [3.8, 4) is 0 Å². The molecule has 1 amide bonds. The molecule has 1 aliphatic rings. The van der Waals surface area contributed by atoms with Crippen LogP contribution in [-0.2, 0) is 18.4 Å². The van der Waals surface area contributed by atoms with E-state index in [4.69, 9.17) is 4.42 Å². The van der Waals surface area contributed by atoms with Crippen molar-refractivity contribution < 1.29 is 9.21 Å². The van der Waals surface area contributed by atoms with E-state index in [2.05, 4.69) is 30.7 Å². The number of hydrogen-bond acceptors (Lipinski definition) is 5. The minimum absolute atomic E-state index is 0.0264. The summed E-state index contributed by atoms with van der Waals surface area (Å²) in [6, 6.07) is 0. The lowest BCUT2D eigenvalue weighted by Crippen LogP contribution is -2.35. The number of carbonyl (C=O) groups excluding carboxylic acids is 1. The Morgan fingerprint density at radius 2 is 2.25 bits per heavy atom. The molecule has 0 N–H and O–H groups in total. The van der Waals surface area contributed by atoms with Crippen LogP contribution in [0, 0.1) is 0 Å². The Morgan fingerprint density at radius 3 is 2.90 bits per heavy atom. The molecule has 2 aromatic heterocycles. The molecule has 3 heterocycles. The van der Waals surface area contributed by atoms with E-state index in [1.54, 1.807) is 11.7 Å². The zero-order valence-electron chi connectivity index (χ0n) is 11.8. The average molecular weight is 291 g/mol. The molecule has 0 radical (unpaired) electrons. The maximum atomic E-state index is 12.3. The minimum atomic E-state index is -0.107. The minimum Gasteiger partial charge on any atom is -0.445 e. The molecule has 106 valence electrons. The fraction of sp³-hybridized carbons (Fsp3) is 0.500. The van der Waals surface area contributed by atoms with Crippen LogP contribution in [0.15, 0.2) is 16.1 Å². The molecule has 0 aliphatic carbocycles. The first-order valence-corrected chi connectivity index (χ1v) is 7.50. The number of fused-ring (bicyclic) bond motifs is 1. The van der Waals surface area contributed by atoms with Gasteiger partial charge in [0.15, 0.2) is 5.89 Å². The smallest absolute Gasteiger partial charge is 0.265 e. The summed E-state index contributed by atoms with van der Waals surface area (Å²) in [4.78, 5) is 23.3. The maximum absolute atomic E-state index is 12.3. The Labute approximate surface area is 121 Å². The van der Waals surface area contributed by atoms with Crippen LogP contribution >= 0.6 is 11.3 Å². The molecule has 0 bridgehead atoms. The van der Waals surface area contributed by atoms with Gasteiger partial charge in [0.25, 0.3) is 5.91 Å². The molecule has 5 nitrogen and oxygen atoms in total. The number of nitrogens with zero attached hydrogens (tertiary/aromatic N) is 3. The van der Waals surface area contributed by atoms with Crippen molar-refractivity contribution in [1.82, 2.24) is 14.9 Å². The van der Waals surface area contributed by atoms with Crippen LogP contribution in [0.2, 0.25) is 0 Å². The van der Waals surface area contributed by atoms with Gasteiger partial charge in [-0.2, -0.15) is 0 Å². The summed E-state index contributed by atoms with van der Waals surface area (Å²) >= 11 is 1.37. The summed E-state index contributed by atoms with van der Waals surface area (Å²) in [6.45, 7) is 7.41. The molecule has 0 aromatic carbocycles. The quantitative estimate of drug-likeness (QED) is 0.810. The number of aromatic nitrogens is 2. The van der Waals surface area contributed by atoms with Gasteiger partial charge in [0.1, 0.15) is 16.3 Å². The third-order valence-electron chi connectivity index (χ3n) is 3.30. The number of hydrogen-bond donors (Lipinski definition) is 0. The SMILES string of the molecule is CC(C)(C)c1nc2c(o1)CCN(C(=O)c1cncs1)C2. The Balaban J connectivity index is 1.82. The molecular weight excluding hydrogens is 274 g/mol. The molecular formula is C14H17N3O2S. The van der Waals surface area contributed by atoms with E-state index in [1.165, 1.54) is 11.3 Å². The summed E-state index contributed by atoms with van der Waals surface area (Å²) in [5.41, 5.74) is 2.46. The van der Waals surface area contributed by atoms with Gasteiger partial charge in [0.2, 0.25) is 0 Å². The predicted molar refractivity (Wildman–Crippen MR) is 75.8 cm³/mol. The third-order valence-corrected chi connectivity index (χ3v) is 4.06. The molecule has 2 aromatic rings. The van der Waals surface area contributed by atoms with Gasteiger partial charge in [-0.15, -0.1) is 11.3 Å². The second-order valence-corrected chi connectivity index (χ2v) is 6.87. The normalized spacial score (nSPS) is 15.2. The lowest BCUT2D eigenvalue weighted by Gasteiger charge is -2.24. The number of carbonyl (C=O) groups is 1. The maximum Gasteiger partial charge on any atom is 0.265 e. The molecule has 3 rings (SSSR count). The Bertz CT molecular complexity index is 625. The van der Waals surface area contributed by atoms with E-state index in [1.807, 2.05) is 4.90 Å². The highest BCUT2D eigenvalue weighted by Crippen LogP contribution is 2.28. The highest BCUT2D eigenvalue weighted by molar-refractivity contribution is 7.11. The van der Waals surface area contributed by atoms with Gasteiger partial charge in [-0.05, 0) is 0 Å². The van der Waals surface area contributed by atoms with Crippen LogP contribution in [0.5, 0.6) is 0 Å². The fourth-order valence-electron chi connectivity index (χ4n) is 2.17. The average Bonchev–Trinajstić information content (AvgIpc) is 3.05. The number of oxazole rings is 1. The molecule has 0 spiro atoms. The van der Waals surface area contributed by atoms with Gasteiger partial charge >= 0.3 is 0 Å². The van der Waals surface area contributed by atoms with Gasteiger partial charge in [-0.3, -0.25) is 9.78 Å². The first kappa shape index (κ1) is 13.3. The van der Waals surface area contributed by atoms with Gasteiger partial charge in [-0.25, -0.2) is 4.98 Å². The molecule has 0 saturated heterocycles. The molecule has 6 heteroatoms. The van der Waals surface area contributed by atoms with Crippen LogP contribution in [0.25, 0.3) is 0 Å². The Morgan fingerprint density at radius 1 is 1.45 bits per heavy atom. The summed E-state index contributed by atoms with van der Waals surface area (Å²) in [5.74, 6) is 1.69. The standard InChI is InChI=1S/C14H17N3O2S/c1-14(2,3)13-16-9-7-17(5-4-10(9)19-13)12(18)11-6-15-8-20-11/h6,8H,4-5,7H2,1-3H3. The lowest BCUT2D eigenvalue weighted by molar-refractivity contribution is 0.0732. The van der Waals surface area contributed by atoms with E-state index in [0.29, 0.717) is 18.0 Å². The number of amides is 1. The zero-order valence-corrected chi connectivity index (χ0v) is 12.7. The molecule has 1 aliphatic heterocycles. The van der Waals surface area contributed by atoms with Gasteiger partial charge in [0, 0.05) is 18.4 Å². The zero-order chi connectivity index (χ0) is 14.3. The van der Waals surface area contributed by atoms with Crippen molar-refractivity contribution in [2.45, 2.75) is 39.2 Å². The summed E-state index contributed by atoms with van der Waals surface area (Å²) in [7, 11) is 0. The molecule has 0 fully saturated rings. The Kier molecular flexibility index (Phi) is 3.12. The topological polar surface area (TPSA) is 59.2 Å². The van der Waals surface area contributed by atoms with E-state index >= 15 is 0 Å². The van der Waals surface area contributed by atoms with Gasteiger partial charge in [0.05, 0.1) is 18.3 Å². The molecule has 0 atom stereocenters. The monoisotopic (exact) mass is 291 g/mol. The van der Waals surface area contributed by atoms with Crippen molar-refractivity contribution in [3.63, 3.8) is 0 Å². The van der Waals surface area contributed by atoms with Crippen LogP contribution < -0.4 is 0 Å². The van der Waals surface area contributed by atoms with Crippen LogP contribution in [0.3, 0.4) is 0 Å². The summed E-state index contributed by atoms with van der Waals surface area (Å²) < 4.78 is 5.83. The first-order chi connectivity index (χ1) is 9.45. The molecule has 0 saturated carbocycles. The van der Waals surface area contributed by atoms with Gasteiger partial charge < -0.3 is 9.32 Å². The fourth-order valence-corrected chi connectivity index (χ4v) is 2.76. The Hall–Kier alpha value is -1.69. The van der Waals surface area contributed by atoms with Crippen molar-refractivity contribution in [2.75, 3.05) is 6.54 Å². The molecule has 0 unspecified atom stereocenters. The van der Waals surface area contributed by atoms with Crippen LogP contribution in [0.4, 0.5) is 0 Å². The van der Waals surface area contributed by atoms with Crippen molar-refractivity contribution in [1.29, 1.82) is 0 Å². The molecule has 20 heavy (non-hydrogen) atoms. The highest BCUT2D eigenvalue weighted by Gasteiger charge is 2.29. The van der Waals surface area contributed by atoms with E-state index < -0.39 is 0 Å². The summed E-state index contributed by atoms with van der Waals surface area (Å²) in [5, 5.41) is 0. The second-order valence-electron chi connectivity index (χ2n) is 5.98. The third kappa shape index (κ3) is 2.35. The second kappa shape index (κ2) is 4.70. The number of rotatable bonds is 1. The van der Waals surface area contributed by atoms with E-state index in [-0.39, 0.29) is 11.3 Å². The van der Waals surface area contributed by atoms with Crippen molar-refractivity contribution in [3.05, 3.63) is 33.9 Å². The predicted octanol–water partition coefficient (Wildman–Crippen LogP) is 2.63. The first-order valence-electron chi connectivity index (χ1n) is 6.62.